The van der Waals surface area contributed by atoms with Crippen LogP contribution >= 0.6 is 0 Å². The molecule has 3 aromatic rings. The molecule has 7 heteroatoms. The highest BCUT2D eigenvalue weighted by Crippen LogP contribution is 2.21. The Morgan fingerprint density at radius 2 is 1.96 bits per heavy atom. The van der Waals surface area contributed by atoms with Gasteiger partial charge in [-0.3, -0.25) is 14.9 Å². The summed E-state index contributed by atoms with van der Waals surface area (Å²) in [5.41, 5.74) is 2.34. The molecule has 0 fully saturated rings. The Hall–Kier alpha value is -3.35. The van der Waals surface area contributed by atoms with Crippen molar-refractivity contribution < 1.29 is 9.72 Å². The summed E-state index contributed by atoms with van der Waals surface area (Å²) in [6.07, 6.45) is 2.51. The average molecular weight is 364 g/mol. The Labute approximate surface area is 156 Å². The van der Waals surface area contributed by atoms with Crippen LogP contribution in [0.15, 0.2) is 54.9 Å². The van der Waals surface area contributed by atoms with Crippen LogP contribution in [0.5, 0.6) is 0 Å². The van der Waals surface area contributed by atoms with Crippen LogP contribution in [-0.2, 0) is 6.54 Å². The summed E-state index contributed by atoms with van der Waals surface area (Å²) in [5, 5.41) is 15.2. The van der Waals surface area contributed by atoms with Gasteiger partial charge in [0.2, 0.25) is 0 Å². The topological polar surface area (TPSA) is 90.9 Å². The molecule has 2 aromatic carbocycles. The maximum Gasteiger partial charge on any atom is 0.270 e. The Kier molecular flexibility index (Phi) is 5.40. The van der Waals surface area contributed by atoms with Gasteiger partial charge in [0.1, 0.15) is 12.9 Å². The predicted molar refractivity (Wildman–Crippen MR) is 102 cm³/mol. The van der Waals surface area contributed by atoms with Crippen LogP contribution in [0.3, 0.4) is 0 Å². The number of rotatable bonds is 7. The molecule has 0 amide bonds. The minimum Gasteiger partial charge on any atom is -0.292 e. The van der Waals surface area contributed by atoms with Gasteiger partial charge < -0.3 is 0 Å². The maximum absolute atomic E-state index is 12.5. The van der Waals surface area contributed by atoms with E-state index >= 15 is 0 Å². The number of nitro benzene ring substituents is 1. The molecule has 1 atom stereocenters. The van der Waals surface area contributed by atoms with Crippen LogP contribution < -0.4 is 0 Å². The first kappa shape index (κ1) is 18.4. The fourth-order valence-corrected chi connectivity index (χ4v) is 2.73. The molecule has 0 radical (unpaired) electrons. The molecule has 0 saturated heterocycles. The van der Waals surface area contributed by atoms with Crippen LogP contribution in [0, 0.1) is 10.1 Å². The van der Waals surface area contributed by atoms with Crippen LogP contribution in [0.1, 0.15) is 42.1 Å². The van der Waals surface area contributed by atoms with Crippen molar-refractivity contribution in [3.8, 4) is 11.4 Å². The van der Waals surface area contributed by atoms with Gasteiger partial charge in [0.25, 0.3) is 5.69 Å². The molecule has 0 bridgehead atoms. The quantitative estimate of drug-likeness (QED) is 0.355. The Morgan fingerprint density at radius 3 is 2.63 bits per heavy atom. The van der Waals surface area contributed by atoms with E-state index in [1.54, 1.807) is 12.1 Å². The van der Waals surface area contributed by atoms with Gasteiger partial charge in [0.05, 0.1) is 4.92 Å². The number of benzene rings is 2. The third kappa shape index (κ3) is 4.25. The average Bonchev–Trinajstić information content (AvgIpc) is 3.16. The van der Waals surface area contributed by atoms with Gasteiger partial charge in [-0.1, -0.05) is 50.2 Å². The van der Waals surface area contributed by atoms with Crippen molar-refractivity contribution >= 4 is 11.5 Å². The lowest BCUT2D eigenvalue weighted by molar-refractivity contribution is -0.384. The SMILES string of the molecule is CCC(C)c1ccc(C(=O)Cn2cnc(-c3cccc([N+](=O)[O-])c3)n2)cc1. The third-order valence-corrected chi connectivity index (χ3v) is 4.57. The van der Waals surface area contributed by atoms with E-state index in [1.165, 1.54) is 28.7 Å². The maximum atomic E-state index is 12.5. The molecule has 1 aromatic heterocycles. The van der Waals surface area contributed by atoms with E-state index in [-0.39, 0.29) is 18.0 Å². The molecule has 0 aliphatic rings. The van der Waals surface area contributed by atoms with Crippen LogP contribution in [0.4, 0.5) is 5.69 Å². The van der Waals surface area contributed by atoms with Gasteiger partial charge in [0, 0.05) is 23.3 Å². The fourth-order valence-electron chi connectivity index (χ4n) is 2.73. The molecule has 3 rings (SSSR count). The highest BCUT2D eigenvalue weighted by molar-refractivity contribution is 5.95. The van der Waals surface area contributed by atoms with Crippen molar-refractivity contribution in [3.05, 3.63) is 76.1 Å². The summed E-state index contributed by atoms with van der Waals surface area (Å²) in [5.74, 6) is 0.738. The number of carbonyl (C=O) groups is 1. The minimum absolute atomic E-state index is 0.0266. The zero-order valence-electron chi connectivity index (χ0n) is 15.2. The van der Waals surface area contributed by atoms with Crippen molar-refractivity contribution in [2.75, 3.05) is 0 Å². The minimum atomic E-state index is -0.465. The first-order valence-corrected chi connectivity index (χ1v) is 8.75. The smallest absolute Gasteiger partial charge is 0.270 e. The lowest BCUT2D eigenvalue weighted by Crippen LogP contribution is -2.11. The molecular formula is C20H20N4O3. The molecule has 7 nitrogen and oxygen atoms in total. The van der Waals surface area contributed by atoms with Crippen molar-refractivity contribution in [1.29, 1.82) is 0 Å². The second kappa shape index (κ2) is 7.90. The van der Waals surface area contributed by atoms with Gasteiger partial charge in [-0.05, 0) is 17.9 Å². The van der Waals surface area contributed by atoms with Crippen molar-refractivity contribution in [1.82, 2.24) is 14.8 Å². The number of nitrogens with zero attached hydrogens (tertiary/aromatic N) is 4. The molecule has 27 heavy (non-hydrogen) atoms. The first-order chi connectivity index (χ1) is 13.0. The number of aromatic nitrogens is 3. The Morgan fingerprint density at radius 1 is 1.22 bits per heavy atom. The highest BCUT2D eigenvalue weighted by atomic mass is 16.6. The van der Waals surface area contributed by atoms with E-state index in [0.717, 1.165) is 6.42 Å². The number of nitro groups is 1. The third-order valence-electron chi connectivity index (χ3n) is 4.57. The molecule has 0 aliphatic carbocycles. The zero-order valence-corrected chi connectivity index (χ0v) is 15.2. The number of hydrogen-bond acceptors (Lipinski definition) is 5. The molecule has 0 saturated carbocycles. The van der Waals surface area contributed by atoms with E-state index in [1.807, 2.05) is 24.3 Å². The largest absolute Gasteiger partial charge is 0.292 e. The normalized spacial score (nSPS) is 11.9. The van der Waals surface area contributed by atoms with Gasteiger partial charge >= 0.3 is 0 Å². The zero-order chi connectivity index (χ0) is 19.4. The summed E-state index contributed by atoms with van der Waals surface area (Å²) < 4.78 is 1.44. The molecule has 0 spiro atoms. The van der Waals surface area contributed by atoms with Crippen molar-refractivity contribution in [3.63, 3.8) is 0 Å². The summed E-state index contributed by atoms with van der Waals surface area (Å²) in [6.45, 7) is 4.35. The fraction of sp³-hybridized carbons (Fsp3) is 0.250. The molecule has 0 aliphatic heterocycles. The van der Waals surface area contributed by atoms with E-state index in [4.69, 9.17) is 0 Å². The van der Waals surface area contributed by atoms with E-state index in [9.17, 15) is 14.9 Å². The van der Waals surface area contributed by atoms with Gasteiger partial charge in [-0.25, -0.2) is 9.67 Å². The van der Waals surface area contributed by atoms with Crippen molar-refractivity contribution in [2.24, 2.45) is 0 Å². The molecular weight excluding hydrogens is 344 g/mol. The number of non-ortho nitro benzene ring substituents is 1. The van der Waals surface area contributed by atoms with Gasteiger partial charge in [-0.15, -0.1) is 0 Å². The standard InChI is InChI=1S/C20H20N4O3/c1-3-14(2)15-7-9-16(10-8-15)19(25)12-23-13-21-20(22-23)17-5-4-6-18(11-17)24(26)27/h4-11,13-14H,3,12H2,1-2H3. The van der Waals surface area contributed by atoms with Crippen LogP contribution in [-0.4, -0.2) is 25.5 Å². The summed E-state index contributed by atoms with van der Waals surface area (Å²) >= 11 is 0. The molecule has 138 valence electrons. The van der Waals surface area contributed by atoms with Crippen molar-refractivity contribution in [2.45, 2.75) is 32.7 Å². The second-order valence-corrected chi connectivity index (χ2v) is 6.43. The van der Waals surface area contributed by atoms with Crippen LogP contribution in [0.25, 0.3) is 11.4 Å². The van der Waals surface area contributed by atoms with E-state index < -0.39 is 4.92 Å². The lowest BCUT2D eigenvalue weighted by atomic mass is 9.97. The summed E-state index contributed by atoms with van der Waals surface area (Å²) in [6, 6.07) is 13.7. The number of ketones is 1. The number of hydrogen-bond donors (Lipinski definition) is 0. The second-order valence-electron chi connectivity index (χ2n) is 6.43. The number of Topliss-reactive ketones (excluding diaryl/α,β-unsaturated/α-hetero) is 1. The Bertz CT molecular complexity index is 963. The summed E-state index contributed by atoms with van der Waals surface area (Å²) in [7, 11) is 0. The monoisotopic (exact) mass is 364 g/mol. The van der Waals surface area contributed by atoms with Gasteiger partial charge in [-0.2, -0.15) is 5.10 Å². The van der Waals surface area contributed by atoms with E-state index in [2.05, 4.69) is 23.9 Å². The molecule has 0 N–H and O–H groups in total. The van der Waals surface area contributed by atoms with E-state index in [0.29, 0.717) is 22.9 Å². The number of carbonyl (C=O) groups excluding carboxylic acids is 1. The molecule has 1 heterocycles. The summed E-state index contributed by atoms with van der Waals surface area (Å²) in [4.78, 5) is 27.1. The van der Waals surface area contributed by atoms with Gasteiger partial charge in [0.15, 0.2) is 11.6 Å². The lowest BCUT2D eigenvalue weighted by Gasteiger charge is -2.09. The first-order valence-electron chi connectivity index (χ1n) is 8.75. The van der Waals surface area contributed by atoms with Crippen LogP contribution in [0.2, 0.25) is 0 Å². The Balaban J connectivity index is 1.73. The highest BCUT2D eigenvalue weighted by Gasteiger charge is 2.13. The predicted octanol–water partition coefficient (Wildman–Crippen LogP) is 4.25. The molecule has 1 unspecified atom stereocenters.